The van der Waals surface area contributed by atoms with Gasteiger partial charge in [-0.3, -0.25) is 0 Å². The van der Waals surface area contributed by atoms with Gasteiger partial charge in [0.2, 0.25) is 0 Å². The lowest BCUT2D eigenvalue weighted by Gasteiger charge is -2.32. The molecule has 1 aliphatic carbocycles. The van der Waals surface area contributed by atoms with Crippen molar-refractivity contribution in [2.24, 2.45) is 0 Å². The largest absolute Gasteiger partial charge is 0.396 e. The summed E-state index contributed by atoms with van der Waals surface area (Å²) in [7, 11) is 0. The van der Waals surface area contributed by atoms with E-state index in [1.54, 1.807) is 11.8 Å². The van der Waals surface area contributed by atoms with Crippen LogP contribution in [0.5, 0.6) is 0 Å². The Morgan fingerprint density at radius 3 is 2.50 bits per heavy atom. The molecule has 2 N–H and O–H groups in total. The van der Waals surface area contributed by atoms with E-state index in [0.29, 0.717) is 5.25 Å². The van der Waals surface area contributed by atoms with Crippen LogP contribution in [0.1, 0.15) is 45.4 Å². The van der Waals surface area contributed by atoms with Gasteiger partial charge in [0.25, 0.3) is 0 Å². The summed E-state index contributed by atoms with van der Waals surface area (Å²) in [5.41, 5.74) is -0.410. The summed E-state index contributed by atoms with van der Waals surface area (Å²) in [6, 6.07) is 0. The van der Waals surface area contributed by atoms with Gasteiger partial charge in [0.1, 0.15) is 0 Å². The number of aliphatic hydroxyl groups excluding tert-OH is 1. The molecule has 0 heterocycles. The van der Waals surface area contributed by atoms with Crippen LogP contribution in [-0.2, 0) is 0 Å². The first-order valence-electron chi connectivity index (χ1n) is 5.61. The molecule has 0 aromatic carbocycles. The van der Waals surface area contributed by atoms with Crippen molar-refractivity contribution < 1.29 is 10.2 Å². The lowest BCUT2D eigenvalue weighted by molar-refractivity contribution is 0.0272. The molecular weight excluding hydrogens is 196 g/mol. The molecule has 3 heteroatoms. The van der Waals surface area contributed by atoms with Gasteiger partial charge in [-0.1, -0.05) is 26.2 Å². The number of aliphatic hydroxyl groups is 2. The smallest absolute Gasteiger partial charge is 0.0737 e. The molecule has 1 fully saturated rings. The number of rotatable bonds is 5. The SMILES string of the molecule is CC(CCO)SCC1(O)CCCCC1. The third kappa shape index (κ3) is 4.20. The Bertz CT molecular complexity index is 155. The van der Waals surface area contributed by atoms with Crippen LogP contribution in [0.15, 0.2) is 0 Å². The highest BCUT2D eigenvalue weighted by molar-refractivity contribution is 7.99. The standard InChI is InChI=1S/C11H22O2S/c1-10(5-8-12)14-9-11(13)6-3-2-4-7-11/h10,12-13H,2-9H2,1H3. The monoisotopic (exact) mass is 218 g/mol. The van der Waals surface area contributed by atoms with Crippen molar-refractivity contribution >= 4 is 11.8 Å². The van der Waals surface area contributed by atoms with E-state index in [9.17, 15) is 5.11 Å². The molecule has 1 aliphatic rings. The van der Waals surface area contributed by atoms with E-state index < -0.39 is 5.60 Å². The molecule has 0 aromatic rings. The molecule has 0 radical (unpaired) electrons. The predicted molar refractivity (Wildman–Crippen MR) is 61.7 cm³/mol. The van der Waals surface area contributed by atoms with Crippen LogP contribution in [0.25, 0.3) is 0 Å². The predicted octanol–water partition coefficient (Wildman–Crippen LogP) is 2.19. The van der Waals surface area contributed by atoms with Gasteiger partial charge < -0.3 is 10.2 Å². The maximum Gasteiger partial charge on any atom is 0.0737 e. The fraction of sp³-hybridized carbons (Fsp3) is 1.00. The molecule has 0 saturated heterocycles. The number of hydrogen-bond acceptors (Lipinski definition) is 3. The third-order valence-electron chi connectivity index (χ3n) is 2.96. The van der Waals surface area contributed by atoms with Gasteiger partial charge in [-0.15, -0.1) is 0 Å². The molecule has 1 saturated carbocycles. The summed E-state index contributed by atoms with van der Waals surface area (Å²) in [5, 5.41) is 19.4. The zero-order valence-corrected chi connectivity index (χ0v) is 9.85. The van der Waals surface area contributed by atoms with Crippen molar-refractivity contribution in [1.82, 2.24) is 0 Å². The maximum absolute atomic E-state index is 10.2. The van der Waals surface area contributed by atoms with Crippen molar-refractivity contribution in [3.63, 3.8) is 0 Å². The van der Waals surface area contributed by atoms with E-state index in [1.807, 2.05) is 0 Å². The van der Waals surface area contributed by atoms with Gasteiger partial charge in [0.05, 0.1) is 5.60 Å². The van der Waals surface area contributed by atoms with Crippen molar-refractivity contribution in [1.29, 1.82) is 0 Å². The molecule has 1 atom stereocenters. The van der Waals surface area contributed by atoms with Gasteiger partial charge in [-0.2, -0.15) is 11.8 Å². The second-order valence-electron chi connectivity index (χ2n) is 4.42. The molecule has 0 amide bonds. The second-order valence-corrected chi connectivity index (χ2v) is 5.85. The van der Waals surface area contributed by atoms with E-state index in [4.69, 9.17) is 5.11 Å². The Kier molecular flexibility index (Phi) is 5.28. The van der Waals surface area contributed by atoms with Crippen molar-refractivity contribution in [2.75, 3.05) is 12.4 Å². The van der Waals surface area contributed by atoms with Crippen molar-refractivity contribution in [3.8, 4) is 0 Å². The van der Waals surface area contributed by atoms with Crippen LogP contribution >= 0.6 is 11.8 Å². The quantitative estimate of drug-likeness (QED) is 0.743. The lowest BCUT2D eigenvalue weighted by atomic mass is 9.86. The van der Waals surface area contributed by atoms with Gasteiger partial charge in [-0.05, 0) is 19.3 Å². The van der Waals surface area contributed by atoms with E-state index in [2.05, 4.69) is 6.92 Å². The summed E-state index contributed by atoms with van der Waals surface area (Å²) in [6.07, 6.45) is 6.38. The molecule has 0 bridgehead atoms. The van der Waals surface area contributed by atoms with Crippen LogP contribution in [0.3, 0.4) is 0 Å². The fourth-order valence-corrected chi connectivity index (χ4v) is 3.07. The summed E-state index contributed by atoms with van der Waals surface area (Å²) >= 11 is 1.80. The van der Waals surface area contributed by atoms with Crippen LogP contribution < -0.4 is 0 Å². The minimum Gasteiger partial charge on any atom is -0.396 e. The van der Waals surface area contributed by atoms with Crippen LogP contribution in [-0.4, -0.2) is 33.4 Å². The number of hydrogen-bond donors (Lipinski definition) is 2. The topological polar surface area (TPSA) is 40.5 Å². The maximum atomic E-state index is 10.2. The first kappa shape index (κ1) is 12.3. The summed E-state index contributed by atoms with van der Waals surface area (Å²) < 4.78 is 0. The van der Waals surface area contributed by atoms with Gasteiger partial charge in [0, 0.05) is 17.6 Å². The van der Waals surface area contributed by atoms with Gasteiger partial charge in [0.15, 0.2) is 0 Å². The molecule has 2 nitrogen and oxygen atoms in total. The molecule has 1 unspecified atom stereocenters. The third-order valence-corrected chi connectivity index (χ3v) is 4.47. The van der Waals surface area contributed by atoms with Gasteiger partial charge >= 0.3 is 0 Å². The van der Waals surface area contributed by atoms with E-state index in [0.717, 1.165) is 25.0 Å². The van der Waals surface area contributed by atoms with E-state index >= 15 is 0 Å². The zero-order valence-electron chi connectivity index (χ0n) is 9.04. The lowest BCUT2D eigenvalue weighted by Crippen LogP contribution is -2.34. The summed E-state index contributed by atoms with van der Waals surface area (Å²) in [4.78, 5) is 0. The normalized spacial score (nSPS) is 23.4. The molecular formula is C11H22O2S. The summed E-state index contributed by atoms with van der Waals surface area (Å²) in [5.74, 6) is 0.841. The minimum absolute atomic E-state index is 0.257. The average Bonchev–Trinajstić information content (AvgIpc) is 2.17. The Morgan fingerprint density at radius 1 is 1.29 bits per heavy atom. The Balaban J connectivity index is 2.21. The molecule has 14 heavy (non-hydrogen) atoms. The summed E-state index contributed by atoms with van der Waals surface area (Å²) in [6.45, 7) is 2.37. The van der Waals surface area contributed by atoms with Crippen molar-refractivity contribution in [2.45, 2.75) is 56.3 Å². The van der Waals surface area contributed by atoms with E-state index in [-0.39, 0.29) is 6.61 Å². The molecule has 0 spiro atoms. The van der Waals surface area contributed by atoms with Crippen LogP contribution in [0.4, 0.5) is 0 Å². The van der Waals surface area contributed by atoms with Gasteiger partial charge in [-0.25, -0.2) is 0 Å². The molecule has 0 aliphatic heterocycles. The van der Waals surface area contributed by atoms with Crippen molar-refractivity contribution in [3.05, 3.63) is 0 Å². The van der Waals surface area contributed by atoms with Crippen LogP contribution in [0, 0.1) is 0 Å². The Labute approximate surface area is 91.1 Å². The molecule has 1 rings (SSSR count). The zero-order chi connectivity index (χ0) is 10.4. The van der Waals surface area contributed by atoms with E-state index in [1.165, 1.54) is 19.3 Å². The highest BCUT2D eigenvalue weighted by Crippen LogP contribution is 2.32. The fourth-order valence-electron chi connectivity index (χ4n) is 1.92. The molecule has 0 aromatic heterocycles. The van der Waals surface area contributed by atoms with Crippen LogP contribution in [0.2, 0.25) is 0 Å². The average molecular weight is 218 g/mol. The Morgan fingerprint density at radius 2 is 1.93 bits per heavy atom. The molecule has 84 valence electrons. The second kappa shape index (κ2) is 5.99. The number of thioether (sulfide) groups is 1. The minimum atomic E-state index is -0.410. The highest BCUT2D eigenvalue weighted by Gasteiger charge is 2.29. The highest BCUT2D eigenvalue weighted by atomic mass is 32.2. The Hall–Kier alpha value is 0.270. The first-order valence-corrected chi connectivity index (χ1v) is 6.66. The first-order chi connectivity index (χ1) is 6.66.